The Morgan fingerprint density at radius 1 is 0.850 bits per heavy atom. The molecule has 4 aromatic carbocycles. The van der Waals surface area contributed by atoms with E-state index in [-0.39, 0.29) is 11.7 Å². The van der Waals surface area contributed by atoms with Crippen molar-refractivity contribution in [2.24, 2.45) is 0 Å². The Bertz CT molecular complexity index is 1970. The van der Waals surface area contributed by atoms with Crippen LogP contribution in [0.15, 0.2) is 114 Å². The molecule has 0 bridgehead atoms. The van der Waals surface area contributed by atoms with Crippen LogP contribution >= 0.6 is 0 Å². The molecule has 6 rings (SSSR count). The second kappa shape index (κ2) is 10.1. The highest BCUT2D eigenvalue weighted by molar-refractivity contribution is 7.90. The molecule has 0 unspecified atom stereocenters. The third-order valence-corrected chi connectivity index (χ3v) is 8.95. The van der Waals surface area contributed by atoms with Gasteiger partial charge in [0.25, 0.3) is 0 Å². The van der Waals surface area contributed by atoms with Crippen LogP contribution in [0.4, 0.5) is 5.69 Å². The van der Waals surface area contributed by atoms with Gasteiger partial charge in [0.2, 0.25) is 5.91 Å². The van der Waals surface area contributed by atoms with Crippen LogP contribution in [0.1, 0.15) is 12.5 Å². The van der Waals surface area contributed by atoms with Gasteiger partial charge in [0.15, 0.2) is 9.84 Å². The number of aromatic nitrogens is 2. The fraction of sp³-hybridized carbons (Fsp3) is 0.0909. The summed E-state index contributed by atoms with van der Waals surface area (Å²) in [6.45, 7) is 1.54. The molecule has 7 heteroatoms. The summed E-state index contributed by atoms with van der Waals surface area (Å²) in [5.41, 5.74) is 7.07. The maximum absolute atomic E-state index is 13.1. The standard InChI is InChI=1S/C33H27N3O3S/c1-22(37)36(2)26-16-14-24(15-17-26)29-20-34-33-32(31(29)25-9-5-3-6-10-25)28-19-23(13-18-30(28)35-33)21-40(38,39)27-11-7-4-8-12-27/h3-20H,21H2,1-2H3,(H,34,35). The molecular formula is C33H27N3O3S. The van der Waals surface area contributed by atoms with Crippen LogP contribution in [-0.2, 0) is 20.4 Å². The average molecular weight is 546 g/mol. The number of carbonyl (C=O) groups is 1. The van der Waals surface area contributed by atoms with Crippen molar-refractivity contribution < 1.29 is 13.2 Å². The van der Waals surface area contributed by atoms with Crippen molar-refractivity contribution in [3.63, 3.8) is 0 Å². The molecule has 0 fully saturated rings. The van der Waals surface area contributed by atoms with E-state index in [0.29, 0.717) is 10.5 Å². The van der Waals surface area contributed by atoms with Crippen LogP contribution in [0.5, 0.6) is 0 Å². The predicted molar refractivity (Wildman–Crippen MR) is 161 cm³/mol. The first-order valence-corrected chi connectivity index (χ1v) is 14.6. The van der Waals surface area contributed by atoms with E-state index in [0.717, 1.165) is 49.9 Å². The van der Waals surface area contributed by atoms with Crippen LogP contribution in [-0.4, -0.2) is 31.3 Å². The Morgan fingerprint density at radius 2 is 1.52 bits per heavy atom. The van der Waals surface area contributed by atoms with Gasteiger partial charge in [-0.3, -0.25) is 4.79 Å². The number of benzene rings is 4. The molecule has 198 valence electrons. The zero-order valence-corrected chi connectivity index (χ0v) is 22.9. The van der Waals surface area contributed by atoms with E-state index < -0.39 is 9.84 Å². The first-order chi connectivity index (χ1) is 19.3. The largest absolute Gasteiger partial charge is 0.339 e. The van der Waals surface area contributed by atoms with Crippen LogP contribution in [0.25, 0.3) is 44.2 Å². The molecule has 40 heavy (non-hydrogen) atoms. The zero-order valence-electron chi connectivity index (χ0n) is 22.1. The van der Waals surface area contributed by atoms with Gasteiger partial charge in [-0.15, -0.1) is 0 Å². The maximum Gasteiger partial charge on any atom is 0.223 e. The normalized spacial score (nSPS) is 11.7. The van der Waals surface area contributed by atoms with Gasteiger partial charge in [-0.1, -0.05) is 66.7 Å². The topological polar surface area (TPSA) is 83.1 Å². The molecule has 0 atom stereocenters. The van der Waals surface area contributed by atoms with Crippen molar-refractivity contribution in [2.45, 2.75) is 17.6 Å². The molecule has 2 heterocycles. The van der Waals surface area contributed by atoms with Crippen LogP contribution in [0.3, 0.4) is 0 Å². The van der Waals surface area contributed by atoms with Gasteiger partial charge < -0.3 is 9.88 Å². The molecule has 0 radical (unpaired) electrons. The van der Waals surface area contributed by atoms with Crippen LogP contribution in [0.2, 0.25) is 0 Å². The van der Waals surface area contributed by atoms with Crippen LogP contribution in [0, 0.1) is 0 Å². The first-order valence-electron chi connectivity index (χ1n) is 12.9. The van der Waals surface area contributed by atoms with Crippen molar-refractivity contribution in [1.29, 1.82) is 0 Å². The molecule has 1 amide bonds. The number of amides is 1. The fourth-order valence-corrected chi connectivity index (χ4v) is 6.45. The van der Waals surface area contributed by atoms with E-state index in [1.165, 1.54) is 6.92 Å². The fourth-order valence-electron chi connectivity index (χ4n) is 5.09. The van der Waals surface area contributed by atoms with E-state index in [1.54, 1.807) is 36.2 Å². The van der Waals surface area contributed by atoms with E-state index in [9.17, 15) is 13.2 Å². The molecule has 0 saturated carbocycles. The molecule has 0 aliphatic heterocycles. The quantitative estimate of drug-likeness (QED) is 0.244. The lowest BCUT2D eigenvalue weighted by Crippen LogP contribution is -2.22. The number of aromatic amines is 1. The highest BCUT2D eigenvalue weighted by Crippen LogP contribution is 2.41. The summed E-state index contributed by atoms with van der Waals surface area (Å²) in [5.74, 6) is -0.136. The summed E-state index contributed by atoms with van der Waals surface area (Å²) in [4.78, 5) is 22.0. The highest BCUT2D eigenvalue weighted by Gasteiger charge is 2.20. The lowest BCUT2D eigenvalue weighted by molar-refractivity contribution is -0.116. The highest BCUT2D eigenvalue weighted by atomic mass is 32.2. The molecule has 0 aliphatic carbocycles. The van der Waals surface area contributed by atoms with Crippen LogP contribution < -0.4 is 4.90 Å². The summed E-state index contributed by atoms with van der Waals surface area (Å²) in [6.07, 6.45) is 1.87. The monoisotopic (exact) mass is 545 g/mol. The number of sulfone groups is 1. The van der Waals surface area contributed by atoms with Crippen molar-refractivity contribution >= 4 is 43.4 Å². The second-order valence-electron chi connectivity index (χ2n) is 9.84. The Labute approximate surface area is 232 Å². The van der Waals surface area contributed by atoms with Crippen molar-refractivity contribution in [2.75, 3.05) is 11.9 Å². The number of rotatable bonds is 6. The van der Waals surface area contributed by atoms with Gasteiger partial charge in [-0.05, 0) is 53.1 Å². The minimum atomic E-state index is -3.50. The van der Waals surface area contributed by atoms with E-state index in [2.05, 4.69) is 17.1 Å². The lowest BCUT2D eigenvalue weighted by atomic mass is 9.92. The Morgan fingerprint density at radius 3 is 2.20 bits per heavy atom. The number of hydrogen-bond acceptors (Lipinski definition) is 4. The summed E-state index contributed by atoms with van der Waals surface area (Å²) in [6, 6.07) is 32.2. The molecule has 6 nitrogen and oxygen atoms in total. The Balaban J connectivity index is 1.54. The third-order valence-electron chi connectivity index (χ3n) is 7.24. The minimum Gasteiger partial charge on any atom is -0.339 e. The van der Waals surface area contributed by atoms with Gasteiger partial charge in [0, 0.05) is 53.3 Å². The molecule has 0 saturated heterocycles. The van der Waals surface area contributed by atoms with Gasteiger partial charge in [-0.25, -0.2) is 13.4 Å². The molecule has 1 N–H and O–H groups in total. The SMILES string of the molecule is CC(=O)N(C)c1ccc(-c2cnc3[nH]c4ccc(CS(=O)(=O)c5ccccc5)cc4c3c2-c2ccccc2)cc1. The first kappa shape index (κ1) is 25.5. The molecular weight excluding hydrogens is 518 g/mol. The maximum atomic E-state index is 13.1. The number of H-pyrrole nitrogens is 1. The van der Waals surface area contributed by atoms with Gasteiger partial charge in [0.1, 0.15) is 5.65 Å². The molecule has 0 aliphatic rings. The number of hydrogen-bond donors (Lipinski definition) is 1. The van der Waals surface area contributed by atoms with Gasteiger partial charge >= 0.3 is 0 Å². The van der Waals surface area contributed by atoms with Crippen molar-refractivity contribution in [1.82, 2.24) is 9.97 Å². The summed E-state index contributed by atoms with van der Waals surface area (Å²) < 4.78 is 26.3. The predicted octanol–water partition coefficient (Wildman–Crippen LogP) is 7.01. The van der Waals surface area contributed by atoms with Gasteiger partial charge in [-0.2, -0.15) is 0 Å². The average Bonchev–Trinajstić information content (AvgIpc) is 3.35. The molecule has 2 aromatic heterocycles. The summed E-state index contributed by atoms with van der Waals surface area (Å²) in [5, 5.41) is 1.85. The number of anilines is 1. The summed E-state index contributed by atoms with van der Waals surface area (Å²) in [7, 11) is -1.75. The van der Waals surface area contributed by atoms with Crippen molar-refractivity contribution in [3.05, 3.63) is 115 Å². The Hall–Kier alpha value is -4.75. The number of nitrogens with one attached hydrogen (secondary N) is 1. The van der Waals surface area contributed by atoms with Crippen molar-refractivity contribution in [3.8, 4) is 22.3 Å². The van der Waals surface area contributed by atoms with E-state index in [1.807, 2.05) is 72.9 Å². The van der Waals surface area contributed by atoms with E-state index >= 15 is 0 Å². The Kier molecular flexibility index (Phi) is 6.44. The summed E-state index contributed by atoms with van der Waals surface area (Å²) >= 11 is 0. The number of carbonyl (C=O) groups excluding carboxylic acids is 1. The second-order valence-corrected chi connectivity index (χ2v) is 11.8. The number of fused-ring (bicyclic) bond motifs is 3. The smallest absolute Gasteiger partial charge is 0.223 e. The van der Waals surface area contributed by atoms with E-state index in [4.69, 9.17) is 4.98 Å². The third kappa shape index (κ3) is 4.65. The molecule has 6 aromatic rings. The minimum absolute atomic E-state index is 0.0373. The lowest BCUT2D eigenvalue weighted by Gasteiger charge is -2.16. The van der Waals surface area contributed by atoms with Gasteiger partial charge in [0.05, 0.1) is 10.6 Å². The zero-order chi connectivity index (χ0) is 27.9. The number of pyridine rings is 1. The number of nitrogens with zero attached hydrogens (tertiary/aromatic N) is 2. The molecule has 0 spiro atoms.